The lowest BCUT2D eigenvalue weighted by Gasteiger charge is -2.13. The third-order valence-corrected chi connectivity index (χ3v) is 2.18. The standard InChI is InChI=1S/C12H12O2/c13-12-8-4-7-11(14-12)9-10-5-2-1-3-6-10/h1-3,5-6,9H,4,7-8H2. The van der Waals surface area contributed by atoms with Crippen molar-refractivity contribution in [2.24, 2.45) is 0 Å². The fourth-order valence-corrected chi connectivity index (χ4v) is 1.49. The average molecular weight is 188 g/mol. The van der Waals surface area contributed by atoms with Gasteiger partial charge in [0.25, 0.3) is 0 Å². The Hall–Kier alpha value is -1.57. The molecule has 2 nitrogen and oxygen atoms in total. The van der Waals surface area contributed by atoms with Gasteiger partial charge in [-0.2, -0.15) is 0 Å². The molecule has 0 N–H and O–H groups in total. The number of cyclic esters (lactones) is 1. The van der Waals surface area contributed by atoms with Crippen LogP contribution < -0.4 is 0 Å². The second-order valence-electron chi connectivity index (χ2n) is 3.35. The Kier molecular flexibility index (Phi) is 2.63. The molecule has 1 aromatic carbocycles. The van der Waals surface area contributed by atoms with Crippen LogP contribution in [0.3, 0.4) is 0 Å². The maximum atomic E-state index is 11.0. The van der Waals surface area contributed by atoms with Gasteiger partial charge in [-0.3, -0.25) is 4.79 Å². The third-order valence-electron chi connectivity index (χ3n) is 2.18. The number of benzene rings is 1. The van der Waals surface area contributed by atoms with Gasteiger partial charge in [-0.25, -0.2) is 0 Å². The van der Waals surface area contributed by atoms with E-state index in [1.165, 1.54) is 0 Å². The van der Waals surface area contributed by atoms with Gasteiger partial charge >= 0.3 is 5.97 Å². The lowest BCUT2D eigenvalue weighted by molar-refractivity contribution is -0.141. The molecule has 1 saturated heterocycles. The minimum Gasteiger partial charge on any atom is -0.431 e. The summed E-state index contributed by atoms with van der Waals surface area (Å²) in [6.45, 7) is 0. The van der Waals surface area contributed by atoms with Crippen LogP contribution in [0.1, 0.15) is 24.8 Å². The van der Waals surface area contributed by atoms with Crippen LogP contribution in [0.5, 0.6) is 0 Å². The zero-order chi connectivity index (χ0) is 9.80. The predicted octanol–water partition coefficient (Wildman–Crippen LogP) is 2.75. The van der Waals surface area contributed by atoms with Gasteiger partial charge in [-0.15, -0.1) is 0 Å². The van der Waals surface area contributed by atoms with Crippen molar-refractivity contribution in [3.63, 3.8) is 0 Å². The highest BCUT2D eigenvalue weighted by Gasteiger charge is 2.13. The van der Waals surface area contributed by atoms with Crippen molar-refractivity contribution in [3.05, 3.63) is 41.7 Å². The smallest absolute Gasteiger partial charge is 0.310 e. The summed E-state index contributed by atoms with van der Waals surface area (Å²) in [5, 5.41) is 0. The summed E-state index contributed by atoms with van der Waals surface area (Å²) >= 11 is 0. The molecule has 1 aliphatic rings. The van der Waals surface area contributed by atoms with Gasteiger partial charge in [0.05, 0.1) is 0 Å². The normalized spacial score (nSPS) is 19.4. The van der Waals surface area contributed by atoms with Gasteiger partial charge in [0, 0.05) is 12.8 Å². The van der Waals surface area contributed by atoms with E-state index in [1.54, 1.807) is 0 Å². The van der Waals surface area contributed by atoms with E-state index in [2.05, 4.69) is 0 Å². The van der Waals surface area contributed by atoms with Gasteiger partial charge in [0.1, 0.15) is 5.76 Å². The number of esters is 1. The molecule has 0 bridgehead atoms. The Balaban J connectivity index is 2.14. The van der Waals surface area contributed by atoms with Gasteiger partial charge in [0.15, 0.2) is 0 Å². The Morgan fingerprint density at radius 2 is 1.93 bits per heavy atom. The fourth-order valence-electron chi connectivity index (χ4n) is 1.49. The summed E-state index contributed by atoms with van der Waals surface area (Å²) in [6, 6.07) is 9.90. The van der Waals surface area contributed by atoms with Crippen molar-refractivity contribution in [1.82, 2.24) is 0 Å². The van der Waals surface area contributed by atoms with E-state index < -0.39 is 0 Å². The van der Waals surface area contributed by atoms with Crippen LogP contribution in [0.2, 0.25) is 0 Å². The van der Waals surface area contributed by atoms with Crippen LogP contribution in [0, 0.1) is 0 Å². The van der Waals surface area contributed by atoms with Crippen molar-refractivity contribution in [1.29, 1.82) is 0 Å². The van der Waals surface area contributed by atoms with Crippen molar-refractivity contribution in [2.45, 2.75) is 19.3 Å². The van der Waals surface area contributed by atoms with E-state index in [0.717, 1.165) is 24.2 Å². The maximum absolute atomic E-state index is 11.0. The molecule has 0 aliphatic carbocycles. The number of carbonyl (C=O) groups is 1. The highest BCUT2D eigenvalue weighted by molar-refractivity contribution is 5.73. The Morgan fingerprint density at radius 1 is 1.14 bits per heavy atom. The molecule has 0 radical (unpaired) electrons. The zero-order valence-electron chi connectivity index (χ0n) is 7.90. The van der Waals surface area contributed by atoms with Crippen molar-refractivity contribution >= 4 is 12.0 Å². The first-order chi connectivity index (χ1) is 6.84. The van der Waals surface area contributed by atoms with E-state index >= 15 is 0 Å². The Bertz CT molecular complexity index is 352. The summed E-state index contributed by atoms with van der Waals surface area (Å²) in [6.07, 6.45) is 4.24. The van der Waals surface area contributed by atoms with Crippen molar-refractivity contribution in [2.75, 3.05) is 0 Å². The second kappa shape index (κ2) is 4.09. The molecular formula is C12H12O2. The average Bonchev–Trinajstić information content (AvgIpc) is 2.19. The number of hydrogen-bond donors (Lipinski definition) is 0. The molecule has 1 aliphatic heterocycles. The zero-order valence-corrected chi connectivity index (χ0v) is 7.90. The van der Waals surface area contributed by atoms with Crippen LogP contribution in [-0.2, 0) is 9.53 Å². The lowest BCUT2D eigenvalue weighted by atomic mass is 10.1. The lowest BCUT2D eigenvalue weighted by Crippen LogP contribution is -2.09. The van der Waals surface area contributed by atoms with Gasteiger partial charge in [-0.05, 0) is 18.1 Å². The Labute approximate surface area is 83.2 Å². The topological polar surface area (TPSA) is 26.3 Å². The Morgan fingerprint density at radius 3 is 2.64 bits per heavy atom. The molecule has 1 fully saturated rings. The minimum atomic E-state index is -0.113. The molecule has 1 heterocycles. The van der Waals surface area contributed by atoms with Gasteiger partial charge in [-0.1, -0.05) is 30.3 Å². The van der Waals surface area contributed by atoms with Crippen molar-refractivity contribution < 1.29 is 9.53 Å². The fraction of sp³-hybridized carbons (Fsp3) is 0.250. The molecular weight excluding hydrogens is 176 g/mol. The first kappa shape index (κ1) is 9.00. The highest BCUT2D eigenvalue weighted by atomic mass is 16.5. The van der Waals surface area contributed by atoms with E-state index in [-0.39, 0.29) is 5.97 Å². The SMILES string of the molecule is O=C1CCCC(=Cc2ccccc2)O1. The van der Waals surface area contributed by atoms with Crippen LogP contribution >= 0.6 is 0 Å². The molecule has 0 saturated carbocycles. The molecule has 0 aromatic heterocycles. The quantitative estimate of drug-likeness (QED) is 0.633. The predicted molar refractivity (Wildman–Crippen MR) is 54.4 cm³/mol. The van der Waals surface area contributed by atoms with E-state index in [4.69, 9.17) is 4.74 Å². The van der Waals surface area contributed by atoms with Crippen LogP contribution in [-0.4, -0.2) is 5.97 Å². The molecule has 72 valence electrons. The number of allylic oxidation sites excluding steroid dienone is 1. The molecule has 0 spiro atoms. The number of hydrogen-bond acceptors (Lipinski definition) is 2. The summed E-state index contributed by atoms with van der Waals surface area (Å²) in [4.78, 5) is 11.0. The molecule has 0 atom stereocenters. The molecule has 2 heteroatoms. The number of rotatable bonds is 1. The summed E-state index contributed by atoms with van der Waals surface area (Å²) in [7, 11) is 0. The largest absolute Gasteiger partial charge is 0.431 e. The minimum absolute atomic E-state index is 0.113. The van der Waals surface area contributed by atoms with Crippen LogP contribution in [0.4, 0.5) is 0 Å². The van der Waals surface area contributed by atoms with Gasteiger partial charge in [0.2, 0.25) is 0 Å². The van der Waals surface area contributed by atoms with Gasteiger partial charge < -0.3 is 4.74 Å². The maximum Gasteiger partial charge on any atom is 0.310 e. The van der Waals surface area contributed by atoms with E-state index in [0.29, 0.717) is 6.42 Å². The van der Waals surface area contributed by atoms with E-state index in [1.807, 2.05) is 36.4 Å². The highest BCUT2D eigenvalue weighted by Crippen LogP contribution is 2.19. The summed E-state index contributed by atoms with van der Waals surface area (Å²) in [5.41, 5.74) is 1.08. The summed E-state index contributed by atoms with van der Waals surface area (Å²) < 4.78 is 5.11. The molecule has 1 aromatic rings. The third kappa shape index (κ3) is 2.22. The molecule has 0 amide bonds. The number of carbonyl (C=O) groups excluding carboxylic acids is 1. The molecule has 14 heavy (non-hydrogen) atoms. The monoisotopic (exact) mass is 188 g/mol. The second-order valence-corrected chi connectivity index (χ2v) is 3.35. The first-order valence-corrected chi connectivity index (χ1v) is 4.81. The molecule has 2 rings (SSSR count). The van der Waals surface area contributed by atoms with Crippen molar-refractivity contribution in [3.8, 4) is 0 Å². The van der Waals surface area contributed by atoms with Crippen LogP contribution in [0.25, 0.3) is 6.08 Å². The van der Waals surface area contributed by atoms with Crippen LogP contribution in [0.15, 0.2) is 36.1 Å². The first-order valence-electron chi connectivity index (χ1n) is 4.81. The summed E-state index contributed by atoms with van der Waals surface area (Å²) in [5.74, 6) is 0.672. The number of ether oxygens (including phenoxy) is 1. The van der Waals surface area contributed by atoms with E-state index in [9.17, 15) is 4.79 Å². The molecule has 0 unspecified atom stereocenters.